The van der Waals surface area contributed by atoms with Crippen LogP contribution in [0.3, 0.4) is 0 Å². The summed E-state index contributed by atoms with van der Waals surface area (Å²) in [5.41, 5.74) is 2.42. The first kappa shape index (κ1) is 12.7. The number of rotatable bonds is 4. The fourth-order valence-electron chi connectivity index (χ4n) is 1.89. The van der Waals surface area contributed by atoms with E-state index in [2.05, 4.69) is 4.99 Å². The minimum absolute atomic E-state index is 0.284. The topological polar surface area (TPSA) is 66.7 Å². The lowest BCUT2D eigenvalue weighted by molar-refractivity contribution is 0.0696. The van der Waals surface area contributed by atoms with E-state index in [-0.39, 0.29) is 5.56 Å². The summed E-state index contributed by atoms with van der Waals surface area (Å²) in [5.74, 6) is -0.947. The second-order valence-electron chi connectivity index (χ2n) is 4.01. The maximum Gasteiger partial charge on any atom is 0.335 e. The number of hydrogen-bond donors (Lipinski definition) is 1. The molecule has 0 aliphatic rings. The van der Waals surface area contributed by atoms with E-state index in [1.54, 1.807) is 42.5 Å². The van der Waals surface area contributed by atoms with Gasteiger partial charge in [-0.15, -0.1) is 0 Å². The zero-order chi connectivity index (χ0) is 13.7. The van der Waals surface area contributed by atoms with E-state index >= 15 is 0 Å². The van der Waals surface area contributed by atoms with E-state index in [1.807, 2.05) is 6.07 Å². The number of aliphatic imine (C=N–C) groups is 1. The van der Waals surface area contributed by atoms with Gasteiger partial charge in [-0.2, -0.15) is 4.99 Å². The molecule has 1 N–H and O–H groups in total. The van der Waals surface area contributed by atoms with E-state index in [4.69, 9.17) is 5.11 Å². The van der Waals surface area contributed by atoms with Crippen LogP contribution in [0.4, 0.5) is 5.69 Å². The lowest BCUT2D eigenvalue weighted by atomic mass is 9.99. The third-order valence-corrected chi connectivity index (χ3v) is 2.73. The molecule has 0 aliphatic carbocycles. The molecule has 0 bridgehead atoms. The van der Waals surface area contributed by atoms with E-state index in [0.29, 0.717) is 12.1 Å². The molecule has 2 aromatic carbocycles. The summed E-state index contributed by atoms with van der Waals surface area (Å²) < 4.78 is 0. The summed E-state index contributed by atoms with van der Waals surface area (Å²) in [6, 6.07) is 13.9. The second kappa shape index (κ2) is 5.76. The number of nitrogens with zero attached hydrogens (tertiary/aromatic N) is 1. The molecule has 0 radical (unpaired) electrons. The number of carbonyl (C=O) groups is 1. The van der Waals surface area contributed by atoms with Crippen molar-refractivity contribution in [3.05, 3.63) is 65.2 Å². The molecule has 2 aromatic rings. The molecule has 0 amide bonds. The molecule has 0 aromatic heterocycles. The Hall–Kier alpha value is -2.71. The minimum Gasteiger partial charge on any atom is -0.478 e. The minimum atomic E-state index is -0.947. The molecule has 94 valence electrons. The predicted molar refractivity (Wildman–Crippen MR) is 70.4 cm³/mol. The van der Waals surface area contributed by atoms with Crippen molar-refractivity contribution in [2.24, 2.45) is 4.99 Å². The van der Waals surface area contributed by atoms with Crippen molar-refractivity contribution < 1.29 is 14.7 Å². The van der Waals surface area contributed by atoms with Crippen LogP contribution >= 0.6 is 0 Å². The van der Waals surface area contributed by atoms with Crippen molar-refractivity contribution in [2.75, 3.05) is 0 Å². The van der Waals surface area contributed by atoms with Crippen LogP contribution in [0, 0.1) is 0 Å². The zero-order valence-corrected chi connectivity index (χ0v) is 10.0. The fraction of sp³-hybridized carbons (Fsp3) is 0.0667. The molecule has 0 saturated carbocycles. The van der Waals surface area contributed by atoms with Gasteiger partial charge in [-0.25, -0.2) is 9.59 Å². The Morgan fingerprint density at radius 1 is 1.16 bits per heavy atom. The Morgan fingerprint density at radius 3 is 2.68 bits per heavy atom. The van der Waals surface area contributed by atoms with E-state index in [0.717, 1.165) is 11.1 Å². The van der Waals surface area contributed by atoms with Crippen molar-refractivity contribution in [2.45, 2.75) is 6.42 Å². The molecule has 0 saturated heterocycles. The number of carboxylic acids is 1. The van der Waals surface area contributed by atoms with Gasteiger partial charge in [0.1, 0.15) is 0 Å². The Bertz CT molecular complexity index is 658. The standard InChI is InChI=1S/C15H11NO3/c17-10-16-13-6-3-4-11(9-13)8-12-5-1-2-7-14(12)15(18)19/h1-7,9H,8H2,(H,18,19). The van der Waals surface area contributed by atoms with Gasteiger partial charge in [-0.1, -0.05) is 30.3 Å². The zero-order valence-electron chi connectivity index (χ0n) is 10.0. The lowest BCUT2D eigenvalue weighted by Gasteiger charge is -2.06. The first-order valence-electron chi connectivity index (χ1n) is 5.68. The highest BCUT2D eigenvalue weighted by Crippen LogP contribution is 2.18. The molecule has 4 nitrogen and oxygen atoms in total. The normalized spacial score (nSPS) is 9.68. The lowest BCUT2D eigenvalue weighted by Crippen LogP contribution is -2.02. The number of carbonyl (C=O) groups excluding carboxylic acids is 1. The third kappa shape index (κ3) is 3.15. The van der Waals surface area contributed by atoms with Crippen molar-refractivity contribution in [3.63, 3.8) is 0 Å². The first-order chi connectivity index (χ1) is 9.20. The Labute approximate surface area is 110 Å². The number of isocyanates is 1. The highest BCUT2D eigenvalue weighted by atomic mass is 16.4. The molecule has 0 heterocycles. The van der Waals surface area contributed by atoms with Crippen LogP contribution in [0.1, 0.15) is 21.5 Å². The van der Waals surface area contributed by atoms with Gasteiger partial charge in [-0.05, 0) is 35.7 Å². The highest BCUT2D eigenvalue weighted by molar-refractivity contribution is 5.89. The SMILES string of the molecule is O=C=Nc1cccc(Cc2ccccc2C(=O)O)c1. The van der Waals surface area contributed by atoms with Gasteiger partial charge in [0.25, 0.3) is 0 Å². The summed E-state index contributed by atoms with van der Waals surface area (Å²) in [6.07, 6.45) is 1.96. The van der Waals surface area contributed by atoms with Crippen LogP contribution in [0.5, 0.6) is 0 Å². The fourth-order valence-corrected chi connectivity index (χ4v) is 1.89. The van der Waals surface area contributed by atoms with Crippen LogP contribution in [0.15, 0.2) is 53.5 Å². The van der Waals surface area contributed by atoms with Crippen LogP contribution in [0.25, 0.3) is 0 Å². The van der Waals surface area contributed by atoms with Crippen LogP contribution in [-0.2, 0) is 11.2 Å². The van der Waals surface area contributed by atoms with Crippen LogP contribution in [-0.4, -0.2) is 17.2 Å². The number of carboxylic acid groups (broad SMARTS) is 1. The molecule has 0 unspecified atom stereocenters. The van der Waals surface area contributed by atoms with Crippen molar-refractivity contribution in [1.29, 1.82) is 0 Å². The largest absolute Gasteiger partial charge is 0.478 e. The summed E-state index contributed by atoms with van der Waals surface area (Å²) in [7, 11) is 0. The third-order valence-electron chi connectivity index (χ3n) is 2.73. The molecule has 4 heteroatoms. The molecule has 2 rings (SSSR count). The predicted octanol–water partition coefficient (Wildman–Crippen LogP) is 2.94. The van der Waals surface area contributed by atoms with Gasteiger partial charge in [0.15, 0.2) is 0 Å². The van der Waals surface area contributed by atoms with Crippen molar-refractivity contribution in [3.8, 4) is 0 Å². The van der Waals surface area contributed by atoms with Gasteiger partial charge >= 0.3 is 5.97 Å². The molecule has 0 spiro atoms. The Balaban J connectivity index is 2.33. The summed E-state index contributed by atoms with van der Waals surface area (Å²) >= 11 is 0. The van der Waals surface area contributed by atoms with Gasteiger partial charge in [0.05, 0.1) is 11.3 Å². The molecular formula is C15H11NO3. The molecule has 0 atom stereocenters. The second-order valence-corrected chi connectivity index (χ2v) is 4.01. The van der Waals surface area contributed by atoms with Crippen molar-refractivity contribution >= 4 is 17.7 Å². The average molecular weight is 253 g/mol. The number of aromatic carboxylic acids is 1. The van der Waals surface area contributed by atoms with Gasteiger partial charge in [0.2, 0.25) is 6.08 Å². The van der Waals surface area contributed by atoms with Gasteiger partial charge in [0, 0.05) is 0 Å². The van der Waals surface area contributed by atoms with E-state index in [1.165, 1.54) is 6.08 Å². The molecular weight excluding hydrogens is 242 g/mol. The van der Waals surface area contributed by atoms with E-state index in [9.17, 15) is 9.59 Å². The number of hydrogen-bond acceptors (Lipinski definition) is 3. The maximum atomic E-state index is 11.1. The van der Waals surface area contributed by atoms with Gasteiger partial charge < -0.3 is 5.11 Å². The quantitative estimate of drug-likeness (QED) is 0.672. The van der Waals surface area contributed by atoms with Crippen LogP contribution < -0.4 is 0 Å². The van der Waals surface area contributed by atoms with Crippen molar-refractivity contribution in [1.82, 2.24) is 0 Å². The maximum absolute atomic E-state index is 11.1. The Morgan fingerprint density at radius 2 is 1.95 bits per heavy atom. The van der Waals surface area contributed by atoms with Gasteiger partial charge in [-0.3, -0.25) is 0 Å². The molecule has 0 fully saturated rings. The average Bonchev–Trinajstić information content (AvgIpc) is 2.40. The molecule has 19 heavy (non-hydrogen) atoms. The number of benzene rings is 2. The highest BCUT2D eigenvalue weighted by Gasteiger charge is 2.09. The summed E-state index contributed by atoms with van der Waals surface area (Å²) in [4.78, 5) is 24.9. The Kier molecular flexibility index (Phi) is 3.86. The summed E-state index contributed by atoms with van der Waals surface area (Å²) in [6.45, 7) is 0. The summed E-state index contributed by atoms with van der Waals surface area (Å²) in [5, 5.41) is 9.11. The molecule has 0 aliphatic heterocycles. The monoisotopic (exact) mass is 253 g/mol. The first-order valence-corrected chi connectivity index (χ1v) is 5.68. The smallest absolute Gasteiger partial charge is 0.335 e. The van der Waals surface area contributed by atoms with Crippen LogP contribution in [0.2, 0.25) is 0 Å². The van der Waals surface area contributed by atoms with E-state index < -0.39 is 5.97 Å².